The van der Waals surface area contributed by atoms with E-state index >= 15 is 0 Å². The van der Waals surface area contributed by atoms with Crippen LogP contribution in [0.4, 0.5) is 0 Å². The number of fused-ring (bicyclic) bond motifs is 1. The zero-order chi connectivity index (χ0) is 22.6. The molecule has 0 radical (unpaired) electrons. The van der Waals surface area contributed by atoms with Crippen LogP contribution in [0.25, 0.3) is 0 Å². The molecule has 2 fully saturated rings. The minimum atomic E-state index is -0.0776. The zero-order valence-electron chi connectivity index (χ0n) is 20.9. The quantitative estimate of drug-likeness (QED) is 0.305. The maximum Gasteiger partial charge on any atom is 0.311 e. The Hall–Kier alpha value is -1.35. The third-order valence-corrected chi connectivity index (χ3v) is 9.33. The fourth-order valence-corrected chi connectivity index (χ4v) is 7.47. The van der Waals surface area contributed by atoms with Crippen LogP contribution in [0, 0.1) is 11.3 Å². The molecule has 2 atom stereocenters. The number of hydrogen-bond donors (Lipinski definition) is 0. The van der Waals surface area contributed by atoms with Gasteiger partial charge in [-0.1, -0.05) is 58.6 Å². The van der Waals surface area contributed by atoms with Crippen molar-refractivity contribution < 1.29 is 9.53 Å². The van der Waals surface area contributed by atoms with Gasteiger partial charge >= 0.3 is 5.97 Å². The minimum absolute atomic E-state index is 0.0776. The van der Waals surface area contributed by atoms with Crippen LogP contribution in [0.5, 0.6) is 5.75 Å². The fraction of sp³-hybridized carbons (Fsp3) is 0.759. The number of carbonyl (C=O) groups is 1. The molecule has 3 aliphatic rings. The van der Waals surface area contributed by atoms with Crippen molar-refractivity contribution in [1.29, 1.82) is 0 Å². The summed E-state index contributed by atoms with van der Waals surface area (Å²) in [5.74, 6) is 1.68. The van der Waals surface area contributed by atoms with Gasteiger partial charge in [-0.2, -0.15) is 0 Å². The van der Waals surface area contributed by atoms with Crippen molar-refractivity contribution in [1.82, 2.24) is 4.90 Å². The van der Waals surface area contributed by atoms with E-state index in [4.69, 9.17) is 4.74 Å². The van der Waals surface area contributed by atoms with Crippen LogP contribution in [-0.2, 0) is 16.6 Å². The Morgan fingerprint density at radius 3 is 2.69 bits per heavy atom. The Morgan fingerprint density at radius 2 is 1.91 bits per heavy atom. The highest BCUT2D eigenvalue weighted by Gasteiger charge is 2.58. The molecule has 2 aliphatic carbocycles. The monoisotopic (exact) mass is 439 g/mol. The molecule has 2 unspecified atom stereocenters. The van der Waals surface area contributed by atoms with Crippen molar-refractivity contribution in [3.05, 3.63) is 29.3 Å². The SMILES string of the molecule is CCCC(=O)Oc1cccc2c1CCC13CCCCC21CCN(CCCC(CC)CC)C3. The number of hydrogen-bond acceptors (Lipinski definition) is 3. The van der Waals surface area contributed by atoms with Gasteiger partial charge in [0.15, 0.2) is 0 Å². The molecule has 3 heteroatoms. The summed E-state index contributed by atoms with van der Waals surface area (Å²) in [6, 6.07) is 6.56. The van der Waals surface area contributed by atoms with E-state index in [1.54, 1.807) is 0 Å². The molecule has 0 N–H and O–H groups in total. The lowest BCUT2D eigenvalue weighted by molar-refractivity contribution is -0.134. The molecule has 1 aromatic rings. The molecule has 0 bridgehead atoms. The average Bonchev–Trinajstić information content (AvgIpc) is 2.81. The molecule has 1 saturated carbocycles. The Labute approximate surface area is 196 Å². The molecule has 1 heterocycles. The van der Waals surface area contributed by atoms with Crippen LogP contribution in [0.15, 0.2) is 18.2 Å². The summed E-state index contributed by atoms with van der Waals surface area (Å²) < 4.78 is 5.88. The molecule has 178 valence electrons. The van der Waals surface area contributed by atoms with Crippen molar-refractivity contribution in [2.45, 2.75) is 110 Å². The first-order chi connectivity index (χ1) is 15.6. The third kappa shape index (κ3) is 4.39. The predicted molar refractivity (Wildman–Crippen MR) is 132 cm³/mol. The second-order valence-corrected chi connectivity index (χ2v) is 10.9. The zero-order valence-corrected chi connectivity index (χ0v) is 20.9. The molecule has 4 rings (SSSR count). The smallest absolute Gasteiger partial charge is 0.311 e. The summed E-state index contributed by atoms with van der Waals surface area (Å²) in [5.41, 5.74) is 3.58. The summed E-state index contributed by atoms with van der Waals surface area (Å²) in [4.78, 5) is 15.1. The number of piperidine rings is 1. The minimum Gasteiger partial charge on any atom is -0.426 e. The lowest BCUT2D eigenvalue weighted by Gasteiger charge is -2.62. The maximum atomic E-state index is 12.3. The summed E-state index contributed by atoms with van der Waals surface area (Å²) in [6.07, 6.45) is 15.7. The first kappa shape index (κ1) is 23.8. The maximum absolute atomic E-state index is 12.3. The van der Waals surface area contributed by atoms with Crippen molar-refractivity contribution in [3.8, 4) is 5.75 Å². The highest BCUT2D eigenvalue weighted by atomic mass is 16.5. The predicted octanol–water partition coefficient (Wildman–Crippen LogP) is 7.06. The number of nitrogens with zero attached hydrogens (tertiary/aromatic N) is 1. The van der Waals surface area contributed by atoms with Crippen LogP contribution >= 0.6 is 0 Å². The number of rotatable bonds is 9. The number of ether oxygens (including phenoxy) is 1. The molecule has 0 aromatic heterocycles. The van der Waals surface area contributed by atoms with Crippen LogP contribution in [0.2, 0.25) is 0 Å². The van der Waals surface area contributed by atoms with E-state index in [1.807, 2.05) is 13.0 Å². The third-order valence-electron chi connectivity index (χ3n) is 9.33. The van der Waals surface area contributed by atoms with Gasteiger partial charge < -0.3 is 9.64 Å². The van der Waals surface area contributed by atoms with Gasteiger partial charge in [-0.05, 0) is 93.0 Å². The van der Waals surface area contributed by atoms with Gasteiger partial charge in [0.25, 0.3) is 0 Å². The van der Waals surface area contributed by atoms with Crippen molar-refractivity contribution >= 4 is 5.97 Å². The van der Waals surface area contributed by atoms with Gasteiger partial charge in [0.1, 0.15) is 5.75 Å². The summed E-state index contributed by atoms with van der Waals surface area (Å²) in [6.45, 7) is 10.5. The highest BCUT2D eigenvalue weighted by molar-refractivity contribution is 5.73. The molecule has 1 saturated heterocycles. The second kappa shape index (κ2) is 10.3. The van der Waals surface area contributed by atoms with Gasteiger partial charge in [-0.3, -0.25) is 4.79 Å². The molecule has 32 heavy (non-hydrogen) atoms. The molecule has 1 aliphatic heterocycles. The van der Waals surface area contributed by atoms with Gasteiger partial charge in [-0.15, -0.1) is 0 Å². The van der Waals surface area contributed by atoms with E-state index in [0.717, 1.165) is 24.5 Å². The van der Waals surface area contributed by atoms with E-state index in [1.165, 1.54) is 95.0 Å². The average molecular weight is 440 g/mol. The van der Waals surface area contributed by atoms with Gasteiger partial charge in [0.05, 0.1) is 0 Å². The molecule has 0 spiro atoms. The lowest BCUT2D eigenvalue weighted by Crippen LogP contribution is -2.61. The van der Waals surface area contributed by atoms with E-state index in [9.17, 15) is 4.79 Å². The Morgan fingerprint density at radius 1 is 1.09 bits per heavy atom. The molecular weight excluding hydrogens is 394 g/mol. The largest absolute Gasteiger partial charge is 0.426 e. The molecule has 3 nitrogen and oxygen atoms in total. The number of likely N-dealkylation sites (tertiary alicyclic amines) is 1. The molecule has 1 aromatic carbocycles. The molecule has 0 amide bonds. The van der Waals surface area contributed by atoms with Crippen LogP contribution in [-0.4, -0.2) is 30.5 Å². The standard InChI is InChI=1S/C29H45NO2/c1-4-11-27(31)32-26-14-9-13-25-24(26)15-18-28-16-7-8-17-29(25,28)19-21-30(22-28)20-10-12-23(5-2)6-3/h9,13-14,23H,4-8,10-12,15-22H2,1-3H3. The molecular formula is C29H45NO2. The van der Waals surface area contributed by atoms with E-state index < -0.39 is 0 Å². The first-order valence-corrected chi connectivity index (χ1v) is 13.6. The van der Waals surface area contributed by atoms with Crippen molar-refractivity contribution in [3.63, 3.8) is 0 Å². The Balaban J connectivity index is 1.55. The number of benzene rings is 1. The van der Waals surface area contributed by atoms with Gasteiger partial charge in [0.2, 0.25) is 0 Å². The Bertz CT molecular complexity index is 785. The van der Waals surface area contributed by atoms with Crippen LogP contribution in [0.3, 0.4) is 0 Å². The first-order valence-electron chi connectivity index (χ1n) is 13.6. The summed E-state index contributed by atoms with van der Waals surface area (Å²) in [7, 11) is 0. The van der Waals surface area contributed by atoms with Crippen LogP contribution in [0.1, 0.15) is 109 Å². The Kier molecular flexibility index (Phi) is 7.65. The second-order valence-electron chi connectivity index (χ2n) is 10.9. The van der Waals surface area contributed by atoms with E-state index in [2.05, 4.69) is 30.9 Å². The topological polar surface area (TPSA) is 29.5 Å². The van der Waals surface area contributed by atoms with Crippen molar-refractivity contribution in [2.75, 3.05) is 19.6 Å². The summed E-state index contributed by atoms with van der Waals surface area (Å²) in [5, 5.41) is 0. The van der Waals surface area contributed by atoms with Crippen LogP contribution < -0.4 is 4.74 Å². The number of esters is 1. The number of carbonyl (C=O) groups excluding carboxylic acids is 1. The van der Waals surface area contributed by atoms with Gasteiger partial charge in [0, 0.05) is 18.4 Å². The van der Waals surface area contributed by atoms with Crippen molar-refractivity contribution in [2.24, 2.45) is 11.3 Å². The fourth-order valence-electron chi connectivity index (χ4n) is 7.47. The normalized spacial score (nSPS) is 27.5. The lowest BCUT2D eigenvalue weighted by atomic mass is 9.46. The summed E-state index contributed by atoms with van der Waals surface area (Å²) >= 11 is 0. The highest BCUT2D eigenvalue weighted by Crippen LogP contribution is 2.62. The van der Waals surface area contributed by atoms with E-state index in [-0.39, 0.29) is 11.4 Å². The van der Waals surface area contributed by atoms with Gasteiger partial charge in [-0.25, -0.2) is 0 Å². The van der Waals surface area contributed by atoms with E-state index in [0.29, 0.717) is 11.8 Å².